The normalized spacial score (nSPS) is 12.2. The average Bonchev–Trinajstić information content (AvgIpc) is 2.86. The quantitative estimate of drug-likeness (QED) is 0.834. The van der Waals surface area contributed by atoms with Gasteiger partial charge in [0, 0.05) is 0 Å². The monoisotopic (exact) mass is 261 g/mol. The molecular weight excluding hydrogens is 246 g/mol. The highest BCUT2D eigenvalue weighted by Gasteiger charge is 2.13. The Hall–Kier alpha value is -2.21. The molecule has 1 unspecified atom stereocenters. The van der Waals surface area contributed by atoms with E-state index in [1.807, 2.05) is 31.2 Å². The number of aryl methyl sites for hydroxylation is 1. The fraction of sp³-hybridized carbons (Fsp3) is 0.308. The molecule has 2 rings (SSSR count). The summed E-state index contributed by atoms with van der Waals surface area (Å²) in [6.07, 6.45) is 0.747. The number of aromatic nitrogens is 3. The Balaban J connectivity index is 2.08. The highest BCUT2D eigenvalue weighted by molar-refractivity contribution is 5.86. The first-order valence-corrected chi connectivity index (χ1v) is 5.83. The van der Waals surface area contributed by atoms with Crippen LogP contribution in [0.2, 0.25) is 0 Å². The van der Waals surface area contributed by atoms with Crippen LogP contribution >= 0.6 is 0 Å². The molecule has 0 spiro atoms. The number of aliphatic hydroxyl groups excluding tert-OH is 1. The molecule has 0 radical (unpaired) electrons. The second-order valence-corrected chi connectivity index (χ2v) is 4.25. The maximum absolute atomic E-state index is 11.2. The number of methoxy groups -OCH3 is 1. The van der Waals surface area contributed by atoms with Crippen LogP contribution in [-0.2, 0) is 11.3 Å². The van der Waals surface area contributed by atoms with Crippen molar-refractivity contribution < 1.29 is 14.6 Å². The minimum absolute atomic E-state index is 0.124. The van der Waals surface area contributed by atoms with Crippen molar-refractivity contribution in [2.75, 3.05) is 7.11 Å². The van der Waals surface area contributed by atoms with Crippen molar-refractivity contribution in [2.24, 2.45) is 0 Å². The second-order valence-electron chi connectivity index (χ2n) is 4.25. The lowest BCUT2D eigenvalue weighted by Crippen LogP contribution is -2.09. The summed E-state index contributed by atoms with van der Waals surface area (Å²) in [6, 6.07) is 7.59. The van der Waals surface area contributed by atoms with Crippen LogP contribution < -0.4 is 0 Å². The van der Waals surface area contributed by atoms with Gasteiger partial charge in [0.15, 0.2) is 5.69 Å². The molecule has 2 aromatic rings. The van der Waals surface area contributed by atoms with Crippen molar-refractivity contribution in [1.29, 1.82) is 0 Å². The van der Waals surface area contributed by atoms with Gasteiger partial charge in [0.25, 0.3) is 0 Å². The van der Waals surface area contributed by atoms with Gasteiger partial charge in [-0.25, -0.2) is 9.48 Å². The summed E-state index contributed by atoms with van der Waals surface area (Å²) < 4.78 is 5.95. The highest BCUT2D eigenvalue weighted by Crippen LogP contribution is 2.16. The van der Waals surface area contributed by atoms with E-state index >= 15 is 0 Å². The summed E-state index contributed by atoms with van der Waals surface area (Å²) in [5.41, 5.74) is 2.00. The number of hydrogen-bond acceptors (Lipinski definition) is 5. The van der Waals surface area contributed by atoms with Gasteiger partial charge in [0.1, 0.15) is 0 Å². The first-order valence-electron chi connectivity index (χ1n) is 5.83. The van der Waals surface area contributed by atoms with Crippen LogP contribution in [0.1, 0.15) is 27.7 Å². The number of rotatable bonds is 4. The van der Waals surface area contributed by atoms with Crippen molar-refractivity contribution >= 4 is 5.97 Å². The zero-order valence-corrected chi connectivity index (χ0v) is 10.8. The van der Waals surface area contributed by atoms with E-state index < -0.39 is 12.1 Å². The maximum atomic E-state index is 11.2. The van der Waals surface area contributed by atoms with Crippen LogP contribution in [-0.4, -0.2) is 33.2 Å². The molecule has 0 fully saturated rings. The van der Waals surface area contributed by atoms with Gasteiger partial charge >= 0.3 is 5.97 Å². The minimum Gasteiger partial charge on any atom is -0.464 e. The van der Waals surface area contributed by atoms with Crippen LogP contribution in [0.5, 0.6) is 0 Å². The van der Waals surface area contributed by atoms with Gasteiger partial charge in [-0.2, -0.15) is 0 Å². The van der Waals surface area contributed by atoms with Crippen LogP contribution in [0.25, 0.3) is 0 Å². The van der Waals surface area contributed by atoms with Crippen LogP contribution in [0.3, 0.4) is 0 Å². The van der Waals surface area contributed by atoms with E-state index in [4.69, 9.17) is 0 Å². The third kappa shape index (κ3) is 3.17. The molecule has 1 atom stereocenters. The molecule has 0 saturated heterocycles. The number of carbonyl (C=O) groups is 1. The molecule has 6 nitrogen and oxygen atoms in total. The topological polar surface area (TPSA) is 77.2 Å². The third-order valence-electron chi connectivity index (χ3n) is 2.72. The first-order chi connectivity index (χ1) is 9.10. The fourth-order valence-electron chi connectivity index (χ4n) is 1.75. The lowest BCUT2D eigenvalue weighted by Gasteiger charge is -2.11. The van der Waals surface area contributed by atoms with E-state index in [9.17, 15) is 9.90 Å². The second kappa shape index (κ2) is 5.62. The number of ether oxygens (including phenoxy) is 1. The molecule has 1 N–H and O–H groups in total. The molecule has 0 aliphatic heterocycles. The van der Waals surface area contributed by atoms with Crippen molar-refractivity contribution in [1.82, 2.24) is 15.0 Å². The predicted octanol–water partition coefficient (Wildman–Crippen LogP) is 1.11. The summed E-state index contributed by atoms with van der Waals surface area (Å²) in [7, 11) is 1.28. The van der Waals surface area contributed by atoms with E-state index in [-0.39, 0.29) is 12.2 Å². The minimum atomic E-state index is -0.702. The number of nitrogens with zero attached hydrogens (tertiary/aromatic N) is 3. The van der Waals surface area contributed by atoms with Crippen LogP contribution in [0.15, 0.2) is 30.5 Å². The molecule has 0 bridgehead atoms. The summed E-state index contributed by atoms with van der Waals surface area (Å²) in [6.45, 7) is 2.19. The number of carbonyl (C=O) groups excluding carboxylic acids is 1. The molecule has 0 saturated carbocycles. The van der Waals surface area contributed by atoms with Crippen molar-refractivity contribution in [3.63, 3.8) is 0 Å². The number of benzene rings is 1. The Labute approximate surface area is 110 Å². The van der Waals surface area contributed by atoms with Crippen LogP contribution in [0, 0.1) is 6.92 Å². The van der Waals surface area contributed by atoms with Crippen molar-refractivity contribution in [2.45, 2.75) is 19.6 Å². The summed E-state index contributed by atoms with van der Waals surface area (Å²) in [4.78, 5) is 11.2. The van der Waals surface area contributed by atoms with Gasteiger partial charge in [0.2, 0.25) is 0 Å². The van der Waals surface area contributed by atoms with Gasteiger partial charge in [-0.05, 0) is 12.5 Å². The molecule has 100 valence electrons. The smallest absolute Gasteiger partial charge is 0.360 e. The predicted molar refractivity (Wildman–Crippen MR) is 67.5 cm³/mol. The molecule has 19 heavy (non-hydrogen) atoms. The zero-order valence-electron chi connectivity index (χ0n) is 10.8. The van der Waals surface area contributed by atoms with Gasteiger partial charge in [-0.3, -0.25) is 0 Å². The van der Waals surface area contributed by atoms with E-state index in [0.717, 1.165) is 11.1 Å². The summed E-state index contributed by atoms with van der Waals surface area (Å²) in [5, 5.41) is 17.6. The Kier molecular flexibility index (Phi) is 3.91. The lowest BCUT2D eigenvalue weighted by atomic mass is 10.1. The van der Waals surface area contributed by atoms with Gasteiger partial charge in [-0.15, -0.1) is 5.10 Å². The van der Waals surface area contributed by atoms with Crippen molar-refractivity contribution in [3.8, 4) is 0 Å². The molecule has 1 aromatic heterocycles. The molecular formula is C13H15N3O3. The van der Waals surface area contributed by atoms with E-state index in [1.165, 1.54) is 18.0 Å². The molecule has 6 heteroatoms. The number of aliphatic hydroxyl groups is 1. The van der Waals surface area contributed by atoms with Gasteiger partial charge in [0.05, 0.1) is 26.0 Å². The van der Waals surface area contributed by atoms with Crippen molar-refractivity contribution in [3.05, 3.63) is 47.3 Å². The summed E-state index contributed by atoms with van der Waals surface area (Å²) >= 11 is 0. The molecule has 0 aliphatic carbocycles. The lowest BCUT2D eigenvalue weighted by molar-refractivity contribution is 0.0593. The number of hydrogen-bond donors (Lipinski definition) is 1. The Morgan fingerprint density at radius 2 is 2.32 bits per heavy atom. The SMILES string of the molecule is COC(=O)c1cn(CC(O)c2cccc(C)c2)nn1. The maximum Gasteiger partial charge on any atom is 0.360 e. The van der Waals surface area contributed by atoms with E-state index in [1.54, 1.807) is 0 Å². The molecule has 0 aliphatic rings. The molecule has 0 amide bonds. The summed E-state index contributed by atoms with van der Waals surface area (Å²) in [5.74, 6) is -0.545. The zero-order chi connectivity index (χ0) is 13.8. The van der Waals surface area contributed by atoms with Crippen LogP contribution in [0.4, 0.5) is 0 Å². The Morgan fingerprint density at radius 3 is 3.00 bits per heavy atom. The van der Waals surface area contributed by atoms with E-state index in [2.05, 4.69) is 15.0 Å². The van der Waals surface area contributed by atoms with Gasteiger partial charge < -0.3 is 9.84 Å². The number of esters is 1. The fourth-order valence-corrected chi connectivity index (χ4v) is 1.75. The third-order valence-corrected chi connectivity index (χ3v) is 2.72. The Morgan fingerprint density at radius 1 is 1.53 bits per heavy atom. The standard InChI is InChI=1S/C13H15N3O3/c1-9-4-3-5-10(6-9)12(17)8-16-7-11(14-15-16)13(18)19-2/h3-7,12,17H,8H2,1-2H3. The average molecular weight is 261 g/mol. The van der Waals surface area contributed by atoms with Gasteiger partial charge in [-0.1, -0.05) is 35.0 Å². The molecule has 1 aromatic carbocycles. The highest BCUT2D eigenvalue weighted by atomic mass is 16.5. The van der Waals surface area contributed by atoms with E-state index in [0.29, 0.717) is 0 Å². The molecule has 1 heterocycles. The largest absolute Gasteiger partial charge is 0.464 e. The Bertz CT molecular complexity index is 580. The first kappa shape index (κ1) is 13.2.